The van der Waals surface area contributed by atoms with Crippen LogP contribution in [0.15, 0.2) is 23.1 Å². The van der Waals surface area contributed by atoms with Gasteiger partial charge in [-0.1, -0.05) is 0 Å². The van der Waals surface area contributed by atoms with Crippen molar-refractivity contribution in [1.82, 2.24) is 0 Å². The van der Waals surface area contributed by atoms with Crippen LogP contribution in [0, 0.1) is 0 Å². The zero-order valence-corrected chi connectivity index (χ0v) is 9.20. The van der Waals surface area contributed by atoms with Gasteiger partial charge in [-0.3, -0.25) is 0 Å². The molecule has 1 aromatic carbocycles. The first-order valence-corrected chi connectivity index (χ1v) is 5.15. The molecule has 0 unspecified atom stereocenters. The number of benzene rings is 1. The molecule has 0 heterocycles. The Morgan fingerprint density at radius 3 is 2.06 bits per heavy atom. The molecule has 0 saturated heterocycles. The summed E-state index contributed by atoms with van der Waals surface area (Å²) in [7, 11) is 0. The summed E-state index contributed by atoms with van der Waals surface area (Å²) in [5, 5.41) is 13.2. The lowest BCUT2D eigenvalue weighted by molar-refractivity contribution is -0.219. The Morgan fingerprint density at radius 2 is 1.61 bits per heavy atom. The van der Waals surface area contributed by atoms with Gasteiger partial charge in [0, 0.05) is 6.07 Å². The normalized spacial score (nSPS) is 14.6. The summed E-state index contributed by atoms with van der Waals surface area (Å²) in [4.78, 5) is -0.676. The van der Waals surface area contributed by atoms with Crippen molar-refractivity contribution in [2.45, 2.75) is 22.5 Å². The molecule has 0 fully saturated rings. The molecule has 0 aromatic heterocycles. The minimum atomic E-state index is -5.71. The fourth-order valence-corrected chi connectivity index (χ4v) is 1.81. The minimum absolute atomic E-state index is 0.465. The third-order valence-electron chi connectivity index (χ3n) is 1.77. The summed E-state index contributed by atoms with van der Waals surface area (Å²) in [6, 6.07) is 2.28. The van der Waals surface area contributed by atoms with Crippen molar-refractivity contribution in [1.29, 1.82) is 0 Å². The van der Waals surface area contributed by atoms with Crippen molar-refractivity contribution < 1.29 is 36.6 Å². The van der Waals surface area contributed by atoms with Gasteiger partial charge in [-0.2, -0.15) is 22.0 Å². The molecule has 0 saturated carbocycles. The van der Waals surface area contributed by atoms with Crippen LogP contribution in [0.5, 0.6) is 11.5 Å². The highest BCUT2D eigenvalue weighted by atomic mass is 32.2. The highest BCUT2D eigenvalue weighted by Crippen LogP contribution is 2.47. The van der Waals surface area contributed by atoms with Crippen molar-refractivity contribution in [3.63, 3.8) is 0 Å². The van der Waals surface area contributed by atoms with Crippen LogP contribution in [0.3, 0.4) is 0 Å². The molecule has 9 heteroatoms. The summed E-state index contributed by atoms with van der Waals surface area (Å²) in [5.41, 5.74) is 0. The van der Waals surface area contributed by atoms with E-state index < -0.39 is 45.8 Å². The summed E-state index contributed by atoms with van der Waals surface area (Å²) in [6.07, 6.45) is -10.1. The van der Waals surface area contributed by atoms with Crippen molar-refractivity contribution in [3.05, 3.63) is 18.2 Å². The first-order chi connectivity index (χ1) is 8.04. The Bertz CT molecular complexity index is 434. The maximum absolute atomic E-state index is 13.0. The molecule has 1 atom stereocenters. The summed E-state index contributed by atoms with van der Waals surface area (Å²) in [5.74, 6) is -1.33. The van der Waals surface area contributed by atoms with Crippen molar-refractivity contribution in [2.75, 3.05) is 0 Å². The second-order valence-corrected chi connectivity index (χ2v) is 4.41. The molecule has 1 rings (SSSR count). The number of aromatic hydroxyl groups is 2. The third-order valence-corrected chi connectivity index (χ3v) is 2.82. The van der Waals surface area contributed by atoms with Gasteiger partial charge in [-0.05, 0) is 23.9 Å². The van der Waals surface area contributed by atoms with Gasteiger partial charge >= 0.3 is 11.4 Å². The standard InChI is InChI=1S/C9H6F6O2S/c10-7(8(11,12)13)9(14,15)18-6-2-1-4(16)3-5(6)17/h1-3,7,16-17H/t7-/m1/s1. The van der Waals surface area contributed by atoms with Gasteiger partial charge in [-0.15, -0.1) is 0 Å². The molecule has 0 bridgehead atoms. The monoisotopic (exact) mass is 292 g/mol. The lowest BCUT2D eigenvalue weighted by Crippen LogP contribution is -2.39. The number of phenols is 2. The van der Waals surface area contributed by atoms with E-state index in [1.54, 1.807) is 0 Å². The van der Waals surface area contributed by atoms with Crippen molar-refractivity contribution >= 4 is 11.8 Å². The maximum atomic E-state index is 13.0. The van der Waals surface area contributed by atoms with E-state index >= 15 is 0 Å². The molecule has 2 N–H and O–H groups in total. The Labute approximate surface area is 101 Å². The molecule has 0 aliphatic carbocycles. The minimum Gasteiger partial charge on any atom is -0.508 e. The number of thioether (sulfide) groups is 1. The molecule has 0 radical (unpaired) electrons. The van der Waals surface area contributed by atoms with Crippen LogP contribution >= 0.6 is 11.8 Å². The number of phenolic OH excluding ortho intramolecular Hbond substituents is 2. The van der Waals surface area contributed by atoms with E-state index in [2.05, 4.69) is 0 Å². The van der Waals surface area contributed by atoms with Gasteiger partial charge in [0.05, 0.1) is 4.90 Å². The maximum Gasteiger partial charge on any atom is 0.426 e. The molecule has 2 nitrogen and oxygen atoms in total. The quantitative estimate of drug-likeness (QED) is 0.659. The van der Waals surface area contributed by atoms with E-state index in [0.29, 0.717) is 6.07 Å². The van der Waals surface area contributed by atoms with Gasteiger partial charge < -0.3 is 10.2 Å². The van der Waals surface area contributed by atoms with Gasteiger partial charge in [0.2, 0.25) is 0 Å². The first kappa shape index (κ1) is 14.8. The number of rotatable bonds is 3. The average molecular weight is 292 g/mol. The van der Waals surface area contributed by atoms with Crippen LogP contribution in [-0.2, 0) is 0 Å². The Morgan fingerprint density at radius 1 is 1.06 bits per heavy atom. The molecular formula is C9H6F6O2S. The van der Waals surface area contributed by atoms with Crippen molar-refractivity contribution in [3.8, 4) is 11.5 Å². The van der Waals surface area contributed by atoms with Crippen LogP contribution in [0.4, 0.5) is 26.3 Å². The molecule has 0 aliphatic heterocycles. The Hall–Kier alpha value is -1.25. The number of hydrogen-bond donors (Lipinski definition) is 2. The van der Waals surface area contributed by atoms with Crippen LogP contribution in [0.1, 0.15) is 0 Å². The largest absolute Gasteiger partial charge is 0.508 e. The summed E-state index contributed by atoms with van der Waals surface area (Å²) >= 11 is -0.773. The topological polar surface area (TPSA) is 40.5 Å². The Kier molecular flexibility index (Phi) is 3.94. The zero-order chi connectivity index (χ0) is 14.1. The number of hydrogen-bond acceptors (Lipinski definition) is 3. The lowest BCUT2D eigenvalue weighted by Gasteiger charge is -2.22. The molecule has 0 spiro atoms. The number of alkyl halides is 6. The summed E-state index contributed by atoms with van der Waals surface area (Å²) < 4.78 is 74.0. The molecule has 1 aromatic rings. The zero-order valence-electron chi connectivity index (χ0n) is 8.38. The fourth-order valence-electron chi connectivity index (χ4n) is 0.981. The van der Waals surface area contributed by atoms with E-state index in [1.165, 1.54) is 0 Å². The number of halogens is 6. The van der Waals surface area contributed by atoms with E-state index in [1.807, 2.05) is 0 Å². The van der Waals surface area contributed by atoms with Crippen LogP contribution in [-0.4, -0.2) is 27.8 Å². The van der Waals surface area contributed by atoms with Crippen LogP contribution in [0.25, 0.3) is 0 Å². The second-order valence-electron chi connectivity index (χ2n) is 3.22. The SMILES string of the molecule is Oc1ccc(SC(F)(F)[C@H](F)C(F)(F)F)c(O)c1. The van der Waals surface area contributed by atoms with Gasteiger partial charge in [0.15, 0.2) is 0 Å². The highest BCUT2D eigenvalue weighted by Gasteiger charge is 2.57. The van der Waals surface area contributed by atoms with Gasteiger partial charge in [-0.25, -0.2) is 4.39 Å². The highest BCUT2D eigenvalue weighted by molar-refractivity contribution is 8.00. The van der Waals surface area contributed by atoms with Gasteiger partial charge in [0.1, 0.15) is 11.5 Å². The molecule has 102 valence electrons. The van der Waals surface area contributed by atoms with Crippen LogP contribution in [0.2, 0.25) is 0 Å². The predicted molar refractivity (Wildman–Crippen MR) is 51.5 cm³/mol. The van der Waals surface area contributed by atoms with Crippen LogP contribution < -0.4 is 0 Å². The molecule has 0 aliphatic rings. The molecule has 18 heavy (non-hydrogen) atoms. The fraction of sp³-hybridized carbons (Fsp3) is 0.333. The first-order valence-electron chi connectivity index (χ1n) is 4.33. The van der Waals surface area contributed by atoms with E-state index in [0.717, 1.165) is 12.1 Å². The van der Waals surface area contributed by atoms with Gasteiger partial charge in [0.25, 0.3) is 6.17 Å². The van der Waals surface area contributed by atoms with E-state index in [4.69, 9.17) is 10.2 Å². The Balaban J connectivity index is 2.95. The third kappa shape index (κ3) is 3.37. The van der Waals surface area contributed by atoms with E-state index in [9.17, 15) is 26.3 Å². The predicted octanol–water partition coefficient (Wildman–Crippen LogP) is 3.68. The second kappa shape index (κ2) is 4.79. The molecule has 0 amide bonds. The smallest absolute Gasteiger partial charge is 0.426 e. The van der Waals surface area contributed by atoms with E-state index in [-0.39, 0.29) is 0 Å². The van der Waals surface area contributed by atoms with Crippen molar-refractivity contribution in [2.24, 2.45) is 0 Å². The lowest BCUT2D eigenvalue weighted by atomic mass is 10.3. The molecular weight excluding hydrogens is 286 g/mol. The summed E-state index contributed by atoms with van der Waals surface area (Å²) in [6.45, 7) is 0. The average Bonchev–Trinajstić information content (AvgIpc) is 2.20.